The molecule has 0 saturated heterocycles. The number of benzene rings is 1. The summed E-state index contributed by atoms with van der Waals surface area (Å²) in [6.45, 7) is 0. The monoisotopic (exact) mass is 315 g/mol. The number of aromatic nitrogens is 2. The summed E-state index contributed by atoms with van der Waals surface area (Å²) in [5.41, 5.74) is -0.0753. The molecule has 106 valence electrons. The number of carbonyl (C=O) groups is 1. The van der Waals surface area contributed by atoms with Gasteiger partial charge in [-0.25, -0.2) is 13.2 Å². The highest BCUT2D eigenvalue weighted by atomic mass is 35.5. The Labute approximate surface area is 119 Å². The molecule has 7 nitrogen and oxygen atoms in total. The molecule has 0 fully saturated rings. The molecule has 2 N–H and O–H groups in total. The fourth-order valence-electron chi connectivity index (χ4n) is 1.50. The van der Waals surface area contributed by atoms with E-state index in [9.17, 15) is 13.2 Å². The topological polar surface area (TPSA) is 101 Å². The number of anilines is 1. The molecule has 20 heavy (non-hydrogen) atoms. The molecule has 0 aliphatic carbocycles. The number of nitrogens with one attached hydrogen (secondary N) is 1. The summed E-state index contributed by atoms with van der Waals surface area (Å²) >= 11 is 5.71. The lowest BCUT2D eigenvalue weighted by Crippen LogP contribution is -2.13. The van der Waals surface area contributed by atoms with E-state index in [-0.39, 0.29) is 21.2 Å². The van der Waals surface area contributed by atoms with Gasteiger partial charge in [-0.3, -0.25) is 9.40 Å². The van der Waals surface area contributed by atoms with Crippen LogP contribution in [0.5, 0.6) is 0 Å². The third-order valence-electron chi connectivity index (χ3n) is 2.44. The SMILES string of the molecule is Cn1cc(S(=O)(=O)Nc2ccc(Cl)c(C(=O)O)c2)cn1. The van der Waals surface area contributed by atoms with Crippen molar-refractivity contribution in [1.82, 2.24) is 9.78 Å². The Morgan fingerprint density at radius 3 is 2.70 bits per heavy atom. The number of aryl methyl sites for hydroxylation is 1. The van der Waals surface area contributed by atoms with E-state index in [0.717, 1.165) is 6.07 Å². The number of hydrogen-bond donors (Lipinski definition) is 2. The minimum atomic E-state index is -3.82. The van der Waals surface area contributed by atoms with Gasteiger partial charge in [0.2, 0.25) is 0 Å². The summed E-state index contributed by atoms with van der Waals surface area (Å²) in [4.78, 5) is 10.9. The Kier molecular flexibility index (Phi) is 3.69. The highest BCUT2D eigenvalue weighted by molar-refractivity contribution is 7.92. The average molecular weight is 316 g/mol. The maximum absolute atomic E-state index is 12.0. The van der Waals surface area contributed by atoms with E-state index in [1.165, 1.54) is 29.2 Å². The molecule has 2 aromatic rings. The molecular weight excluding hydrogens is 306 g/mol. The molecule has 0 bridgehead atoms. The number of halogens is 1. The van der Waals surface area contributed by atoms with Gasteiger partial charge in [0.25, 0.3) is 10.0 Å². The van der Waals surface area contributed by atoms with Gasteiger partial charge in [-0.1, -0.05) is 11.6 Å². The van der Waals surface area contributed by atoms with E-state index < -0.39 is 16.0 Å². The van der Waals surface area contributed by atoms with E-state index in [0.29, 0.717) is 0 Å². The molecular formula is C11H10ClN3O4S. The number of sulfonamides is 1. The Morgan fingerprint density at radius 2 is 2.15 bits per heavy atom. The first kappa shape index (κ1) is 14.4. The van der Waals surface area contributed by atoms with Gasteiger partial charge in [0.15, 0.2) is 0 Å². The lowest BCUT2D eigenvalue weighted by Gasteiger charge is -2.07. The number of aromatic carboxylic acids is 1. The normalized spacial score (nSPS) is 11.3. The van der Waals surface area contributed by atoms with Crippen molar-refractivity contribution in [1.29, 1.82) is 0 Å². The molecule has 0 aliphatic rings. The molecule has 0 aliphatic heterocycles. The van der Waals surface area contributed by atoms with Gasteiger partial charge in [0, 0.05) is 18.9 Å². The Hall–Kier alpha value is -2.06. The molecule has 0 amide bonds. The lowest BCUT2D eigenvalue weighted by atomic mass is 10.2. The molecule has 0 spiro atoms. The third kappa shape index (κ3) is 2.91. The van der Waals surface area contributed by atoms with Crippen molar-refractivity contribution < 1.29 is 18.3 Å². The number of nitrogens with zero attached hydrogens (tertiary/aromatic N) is 2. The molecule has 1 aromatic heterocycles. The first-order chi connectivity index (χ1) is 9.29. The van der Waals surface area contributed by atoms with E-state index in [1.54, 1.807) is 7.05 Å². The van der Waals surface area contributed by atoms with Gasteiger partial charge >= 0.3 is 5.97 Å². The number of carboxylic acid groups (broad SMARTS) is 1. The van der Waals surface area contributed by atoms with Crippen molar-refractivity contribution in [3.8, 4) is 0 Å². The van der Waals surface area contributed by atoms with Crippen LogP contribution in [0.15, 0.2) is 35.5 Å². The van der Waals surface area contributed by atoms with Crippen LogP contribution >= 0.6 is 11.6 Å². The van der Waals surface area contributed by atoms with Crippen LogP contribution < -0.4 is 4.72 Å². The van der Waals surface area contributed by atoms with Crippen LogP contribution in [0.3, 0.4) is 0 Å². The van der Waals surface area contributed by atoms with Crippen LogP contribution in [0.25, 0.3) is 0 Å². The number of hydrogen-bond acceptors (Lipinski definition) is 4. The van der Waals surface area contributed by atoms with E-state index in [4.69, 9.17) is 16.7 Å². The van der Waals surface area contributed by atoms with E-state index >= 15 is 0 Å². The Morgan fingerprint density at radius 1 is 1.45 bits per heavy atom. The zero-order valence-corrected chi connectivity index (χ0v) is 11.8. The predicted octanol–water partition coefficient (Wildman–Crippen LogP) is 1.57. The maximum atomic E-state index is 12.0. The van der Waals surface area contributed by atoms with Crippen molar-refractivity contribution in [2.45, 2.75) is 4.90 Å². The highest BCUT2D eigenvalue weighted by Crippen LogP contribution is 2.22. The number of carboxylic acids is 1. The zero-order chi connectivity index (χ0) is 14.9. The van der Waals surface area contributed by atoms with Gasteiger partial charge in [0.05, 0.1) is 16.8 Å². The second-order valence-corrected chi connectivity index (χ2v) is 6.04. The summed E-state index contributed by atoms with van der Waals surface area (Å²) in [5.74, 6) is -1.24. The van der Waals surface area contributed by atoms with Crippen LogP contribution in [0, 0.1) is 0 Å². The van der Waals surface area contributed by atoms with Crippen molar-refractivity contribution >= 4 is 33.3 Å². The molecule has 0 atom stereocenters. The fourth-order valence-corrected chi connectivity index (χ4v) is 2.74. The Bertz CT molecular complexity index is 770. The van der Waals surface area contributed by atoms with Crippen LogP contribution in [-0.4, -0.2) is 29.3 Å². The van der Waals surface area contributed by atoms with Crippen molar-refractivity contribution in [3.63, 3.8) is 0 Å². The minimum Gasteiger partial charge on any atom is -0.478 e. The zero-order valence-electron chi connectivity index (χ0n) is 10.2. The highest BCUT2D eigenvalue weighted by Gasteiger charge is 2.17. The largest absolute Gasteiger partial charge is 0.478 e. The minimum absolute atomic E-state index is 0.0215. The summed E-state index contributed by atoms with van der Waals surface area (Å²) in [7, 11) is -2.23. The quantitative estimate of drug-likeness (QED) is 0.891. The summed E-state index contributed by atoms with van der Waals surface area (Å²) in [6, 6.07) is 3.84. The van der Waals surface area contributed by atoms with Crippen LogP contribution in [0.2, 0.25) is 5.02 Å². The molecule has 0 unspecified atom stereocenters. The Balaban J connectivity index is 2.35. The van der Waals surface area contributed by atoms with Crippen molar-refractivity contribution in [2.24, 2.45) is 7.05 Å². The summed E-state index contributed by atoms with van der Waals surface area (Å²) in [6.07, 6.45) is 2.52. The van der Waals surface area contributed by atoms with Gasteiger partial charge in [0.1, 0.15) is 4.90 Å². The van der Waals surface area contributed by atoms with Crippen molar-refractivity contribution in [3.05, 3.63) is 41.2 Å². The molecule has 1 heterocycles. The molecule has 1 aromatic carbocycles. The first-order valence-corrected chi connectivity index (χ1v) is 7.20. The van der Waals surface area contributed by atoms with Gasteiger partial charge in [-0.15, -0.1) is 0 Å². The second-order valence-electron chi connectivity index (χ2n) is 3.95. The summed E-state index contributed by atoms with van der Waals surface area (Å²) in [5, 5.41) is 12.7. The third-order valence-corrected chi connectivity index (χ3v) is 4.11. The van der Waals surface area contributed by atoms with Gasteiger partial charge in [-0.2, -0.15) is 5.10 Å². The van der Waals surface area contributed by atoms with Crippen LogP contribution in [-0.2, 0) is 17.1 Å². The lowest BCUT2D eigenvalue weighted by molar-refractivity contribution is 0.0697. The fraction of sp³-hybridized carbons (Fsp3) is 0.0909. The second kappa shape index (κ2) is 5.14. The van der Waals surface area contributed by atoms with E-state index in [2.05, 4.69) is 9.82 Å². The van der Waals surface area contributed by atoms with Crippen LogP contribution in [0.1, 0.15) is 10.4 Å². The van der Waals surface area contributed by atoms with Gasteiger partial charge < -0.3 is 5.11 Å². The predicted molar refractivity (Wildman–Crippen MR) is 72.4 cm³/mol. The standard InChI is InChI=1S/C11H10ClN3O4S/c1-15-6-8(5-13-15)20(18,19)14-7-2-3-10(12)9(4-7)11(16)17/h2-6,14H,1H3,(H,16,17). The summed E-state index contributed by atoms with van der Waals surface area (Å²) < 4.78 is 27.7. The molecule has 2 rings (SSSR count). The maximum Gasteiger partial charge on any atom is 0.337 e. The average Bonchev–Trinajstić information content (AvgIpc) is 2.78. The van der Waals surface area contributed by atoms with Crippen molar-refractivity contribution in [2.75, 3.05) is 4.72 Å². The smallest absolute Gasteiger partial charge is 0.337 e. The van der Waals surface area contributed by atoms with Gasteiger partial charge in [-0.05, 0) is 18.2 Å². The molecule has 0 saturated carbocycles. The first-order valence-electron chi connectivity index (χ1n) is 5.34. The van der Waals surface area contributed by atoms with E-state index in [1.807, 2.05) is 0 Å². The molecule has 9 heteroatoms. The van der Waals surface area contributed by atoms with Crippen LogP contribution in [0.4, 0.5) is 5.69 Å². The molecule has 0 radical (unpaired) electrons. The number of rotatable bonds is 4.